The van der Waals surface area contributed by atoms with Gasteiger partial charge in [0, 0.05) is 32.0 Å². The number of benzene rings is 2. The van der Waals surface area contributed by atoms with E-state index in [1.807, 2.05) is 43.7 Å². The standard InChI is InChI=1S/C26H30F2N4O/c1-3-18-15-30-26(31-16-18)32-10-8-20(9-11-32)17-33-25-23(27)12-22(13-24(25)28)21-6-4-19(5-7-21)14-29-2/h4-7,12-13,15-16,20,29H,3,8-11,14,17H2,1-2H3. The zero-order chi connectivity index (χ0) is 23.2. The lowest BCUT2D eigenvalue weighted by Crippen LogP contribution is -2.36. The molecule has 0 bridgehead atoms. The number of nitrogens with zero attached hydrogens (tertiary/aromatic N) is 3. The van der Waals surface area contributed by atoms with E-state index in [4.69, 9.17) is 4.74 Å². The van der Waals surface area contributed by atoms with Crippen LogP contribution in [0.5, 0.6) is 5.75 Å². The smallest absolute Gasteiger partial charge is 0.225 e. The Morgan fingerprint density at radius 3 is 2.18 bits per heavy atom. The van der Waals surface area contributed by atoms with Crippen molar-refractivity contribution < 1.29 is 13.5 Å². The summed E-state index contributed by atoms with van der Waals surface area (Å²) in [7, 11) is 1.88. The fraction of sp³-hybridized carbons (Fsp3) is 0.385. The van der Waals surface area contributed by atoms with Gasteiger partial charge in [0.2, 0.25) is 5.95 Å². The first-order valence-electron chi connectivity index (χ1n) is 11.5. The highest BCUT2D eigenvalue weighted by atomic mass is 19.1. The van der Waals surface area contributed by atoms with Crippen LogP contribution in [0.2, 0.25) is 0 Å². The maximum atomic E-state index is 14.7. The minimum absolute atomic E-state index is 0.231. The number of piperidine rings is 1. The molecule has 0 saturated carbocycles. The maximum Gasteiger partial charge on any atom is 0.225 e. The lowest BCUT2D eigenvalue weighted by atomic mass is 9.98. The highest BCUT2D eigenvalue weighted by Crippen LogP contribution is 2.30. The van der Waals surface area contributed by atoms with E-state index in [0.717, 1.165) is 61.5 Å². The van der Waals surface area contributed by atoms with Gasteiger partial charge in [-0.25, -0.2) is 18.7 Å². The molecule has 5 nitrogen and oxygen atoms in total. The molecule has 0 amide bonds. The largest absolute Gasteiger partial charge is 0.487 e. The molecule has 2 heterocycles. The lowest BCUT2D eigenvalue weighted by Gasteiger charge is -2.31. The molecule has 33 heavy (non-hydrogen) atoms. The van der Waals surface area contributed by atoms with Crippen molar-refractivity contribution >= 4 is 5.95 Å². The van der Waals surface area contributed by atoms with Crippen molar-refractivity contribution in [1.29, 1.82) is 0 Å². The highest BCUT2D eigenvalue weighted by molar-refractivity contribution is 5.65. The van der Waals surface area contributed by atoms with Crippen LogP contribution in [0, 0.1) is 17.6 Å². The van der Waals surface area contributed by atoms with E-state index in [9.17, 15) is 8.78 Å². The predicted molar refractivity (Wildman–Crippen MR) is 126 cm³/mol. The molecular formula is C26H30F2N4O. The summed E-state index contributed by atoms with van der Waals surface area (Å²) >= 11 is 0. The Labute approximate surface area is 193 Å². The Morgan fingerprint density at radius 2 is 1.61 bits per heavy atom. The van der Waals surface area contributed by atoms with Crippen molar-refractivity contribution in [1.82, 2.24) is 15.3 Å². The molecule has 1 aromatic heterocycles. The Bertz CT molecular complexity index is 1030. The molecule has 7 heteroatoms. The molecule has 1 fully saturated rings. The second-order valence-electron chi connectivity index (χ2n) is 8.48. The van der Waals surface area contributed by atoms with Gasteiger partial charge in [0.1, 0.15) is 0 Å². The van der Waals surface area contributed by atoms with Gasteiger partial charge in [0.05, 0.1) is 6.61 Å². The van der Waals surface area contributed by atoms with Crippen LogP contribution < -0.4 is 15.0 Å². The van der Waals surface area contributed by atoms with Crippen molar-refractivity contribution in [2.75, 3.05) is 31.6 Å². The van der Waals surface area contributed by atoms with Crippen LogP contribution >= 0.6 is 0 Å². The van der Waals surface area contributed by atoms with Crippen molar-refractivity contribution in [2.24, 2.45) is 5.92 Å². The summed E-state index contributed by atoms with van der Waals surface area (Å²) in [5.74, 6) is -0.684. The minimum atomic E-state index is -0.675. The molecule has 1 aliphatic heterocycles. The van der Waals surface area contributed by atoms with Gasteiger partial charge in [-0.15, -0.1) is 0 Å². The first-order chi connectivity index (χ1) is 16.1. The van der Waals surface area contributed by atoms with Crippen molar-refractivity contribution in [3.63, 3.8) is 0 Å². The number of rotatable bonds is 8. The SMILES string of the molecule is CCc1cnc(N2CCC(COc3c(F)cc(-c4ccc(CNC)cc4)cc3F)CC2)nc1. The molecule has 4 rings (SSSR count). The summed E-state index contributed by atoms with van der Waals surface area (Å²) in [6.45, 7) is 4.70. The average Bonchev–Trinajstić information content (AvgIpc) is 2.84. The quantitative estimate of drug-likeness (QED) is 0.521. The Morgan fingerprint density at radius 1 is 0.970 bits per heavy atom. The Hall–Kier alpha value is -3.06. The summed E-state index contributed by atoms with van der Waals surface area (Å²) in [6.07, 6.45) is 6.36. The first-order valence-corrected chi connectivity index (χ1v) is 11.5. The predicted octanol–water partition coefficient (Wildman–Crippen LogP) is 5.00. The highest BCUT2D eigenvalue weighted by Gasteiger charge is 2.23. The van der Waals surface area contributed by atoms with Crippen LogP contribution in [0.4, 0.5) is 14.7 Å². The van der Waals surface area contributed by atoms with Gasteiger partial charge in [-0.1, -0.05) is 31.2 Å². The third-order valence-electron chi connectivity index (χ3n) is 6.13. The van der Waals surface area contributed by atoms with E-state index in [1.165, 1.54) is 12.1 Å². The Balaban J connectivity index is 1.34. The van der Waals surface area contributed by atoms with E-state index < -0.39 is 11.6 Å². The van der Waals surface area contributed by atoms with Crippen LogP contribution in [0.15, 0.2) is 48.8 Å². The van der Waals surface area contributed by atoms with Crippen molar-refractivity contribution in [3.05, 3.63) is 71.6 Å². The summed E-state index contributed by atoms with van der Waals surface area (Å²) in [6, 6.07) is 10.3. The molecule has 0 aliphatic carbocycles. The van der Waals surface area contributed by atoms with Gasteiger partial charge in [-0.05, 0) is 66.6 Å². The number of halogens is 2. The molecule has 1 N–H and O–H groups in total. The van der Waals surface area contributed by atoms with Crippen molar-refractivity contribution in [3.8, 4) is 16.9 Å². The van der Waals surface area contributed by atoms with Gasteiger partial charge >= 0.3 is 0 Å². The van der Waals surface area contributed by atoms with Gasteiger partial charge in [-0.2, -0.15) is 0 Å². The molecule has 0 atom stereocenters. The molecule has 174 valence electrons. The van der Waals surface area contributed by atoms with Gasteiger partial charge in [0.25, 0.3) is 0 Å². The zero-order valence-electron chi connectivity index (χ0n) is 19.2. The molecule has 1 saturated heterocycles. The van der Waals surface area contributed by atoms with E-state index in [1.54, 1.807) is 0 Å². The van der Waals surface area contributed by atoms with E-state index in [2.05, 4.69) is 27.1 Å². The fourth-order valence-corrected chi connectivity index (χ4v) is 4.08. The second-order valence-corrected chi connectivity index (χ2v) is 8.48. The van der Waals surface area contributed by atoms with Gasteiger partial charge < -0.3 is 15.0 Å². The Kier molecular flexibility index (Phi) is 7.50. The summed E-state index contributed by atoms with van der Waals surface area (Å²) in [5.41, 5.74) is 3.48. The zero-order valence-corrected chi connectivity index (χ0v) is 19.2. The molecule has 3 aromatic rings. The van der Waals surface area contributed by atoms with Crippen LogP contribution in [0.1, 0.15) is 30.9 Å². The lowest BCUT2D eigenvalue weighted by molar-refractivity contribution is 0.207. The monoisotopic (exact) mass is 452 g/mol. The number of nitrogens with one attached hydrogen (secondary N) is 1. The summed E-state index contributed by atoms with van der Waals surface area (Å²) < 4.78 is 35.0. The topological polar surface area (TPSA) is 50.3 Å². The number of aromatic nitrogens is 2. The molecular weight excluding hydrogens is 422 g/mol. The number of ether oxygens (including phenoxy) is 1. The van der Waals surface area contributed by atoms with E-state index >= 15 is 0 Å². The molecule has 2 aromatic carbocycles. The van der Waals surface area contributed by atoms with Crippen LogP contribution in [0.3, 0.4) is 0 Å². The number of hydrogen-bond donors (Lipinski definition) is 1. The molecule has 0 unspecified atom stereocenters. The number of hydrogen-bond acceptors (Lipinski definition) is 5. The summed E-state index contributed by atoms with van der Waals surface area (Å²) in [5, 5.41) is 3.08. The van der Waals surface area contributed by atoms with E-state index in [0.29, 0.717) is 5.56 Å². The third kappa shape index (κ3) is 5.66. The number of anilines is 1. The molecule has 0 spiro atoms. The third-order valence-corrected chi connectivity index (χ3v) is 6.13. The van der Waals surface area contributed by atoms with Crippen LogP contribution in [-0.4, -0.2) is 36.7 Å². The average molecular weight is 453 g/mol. The molecule has 1 aliphatic rings. The van der Waals surface area contributed by atoms with Crippen LogP contribution in [0.25, 0.3) is 11.1 Å². The maximum absolute atomic E-state index is 14.7. The van der Waals surface area contributed by atoms with Gasteiger partial charge in [0.15, 0.2) is 17.4 Å². The first kappa shape index (κ1) is 23.1. The minimum Gasteiger partial charge on any atom is -0.487 e. The molecule has 0 radical (unpaired) electrons. The second kappa shape index (κ2) is 10.7. The van der Waals surface area contributed by atoms with Gasteiger partial charge in [-0.3, -0.25) is 0 Å². The normalized spacial score (nSPS) is 14.5. The number of aryl methyl sites for hydroxylation is 1. The fourth-order valence-electron chi connectivity index (χ4n) is 4.08. The summed E-state index contributed by atoms with van der Waals surface area (Å²) in [4.78, 5) is 11.0. The van der Waals surface area contributed by atoms with Crippen molar-refractivity contribution in [2.45, 2.75) is 32.7 Å². The van der Waals surface area contributed by atoms with Crippen LogP contribution in [-0.2, 0) is 13.0 Å². The van der Waals surface area contributed by atoms with E-state index in [-0.39, 0.29) is 18.3 Å².